The number of aromatic nitrogens is 2. The molecule has 0 spiro atoms. The standard InChI is InChI=1S/C23H26F4N4O3/c24-16-5-1-14(2-6-16)12-31-19-13-30(10-9-18(19)21(29-31)23(25,26)27)20(32)11-28-17-7-3-15(4-8-17)22(33)34/h1-2,5-6,15,17,28H,3-4,7-13H2,(H,33,34)/t15-,17+. The number of carboxylic acids is 1. The number of nitrogens with zero attached hydrogens (tertiary/aromatic N) is 3. The van der Waals surface area contributed by atoms with Gasteiger partial charge in [-0.25, -0.2) is 4.39 Å². The van der Waals surface area contributed by atoms with Crippen LogP contribution in [0, 0.1) is 11.7 Å². The molecule has 1 aromatic heterocycles. The Kier molecular flexibility index (Phi) is 6.92. The summed E-state index contributed by atoms with van der Waals surface area (Å²) in [6.07, 6.45) is -2.14. The molecule has 1 amide bonds. The minimum absolute atomic E-state index is 0.00583. The molecule has 1 aliphatic carbocycles. The lowest BCUT2D eigenvalue weighted by Gasteiger charge is -2.30. The van der Waals surface area contributed by atoms with Crippen LogP contribution in [0.1, 0.15) is 48.2 Å². The monoisotopic (exact) mass is 482 g/mol. The molecule has 2 aromatic rings. The number of hydrogen-bond acceptors (Lipinski definition) is 4. The normalized spacial score (nSPS) is 20.8. The molecule has 0 saturated heterocycles. The number of hydrogen-bond donors (Lipinski definition) is 2. The summed E-state index contributed by atoms with van der Waals surface area (Å²) in [6.45, 7) is 0.234. The van der Waals surface area contributed by atoms with Crippen LogP contribution in [0.25, 0.3) is 0 Å². The Hall–Kier alpha value is -2.95. The van der Waals surface area contributed by atoms with Crippen molar-refractivity contribution < 1.29 is 32.3 Å². The Balaban J connectivity index is 1.44. The number of alkyl halides is 3. The molecule has 1 aliphatic heterocycles. The molecule has 2 heterocycles. The van der Waals surface area contributed by atoms with Crippen LogP contribution >= 0.6 is 0 Å². The van der Waals surface area contributed by atoms with Crippen molar-refractivity contribution >= 4 is 11.9 Å². The zero-order valence-corrected chi connectivity index (χ0v) is 18.4. The molecule has 1 saturated carbocycles. The molecule has 7 nitrogen and oxygen atoms in total. The van der Waals surface area contributed by atoms with Gasteiger partial charge < -0.3 is 15.3 Å². The molecule has 34 heavy (non-hydrogen) atoms. The largest absolute Gasteiger partial charge is 0.481 e. The molecule has 2 N–H and O–H groups in total. The first-order valence-corrected chi connectivity index (χ1v) is 11.3. The molecule has 0 atom stereocenters. The van der Waals surface area contributed by atoms with Crippen LogP contribution in [0.5, 0.6) is 0 Å². The predicted octanol–water partition coefficient (Wildman–Crippen LogP) is 3.21. The van der Waals surface area contributed by atoms with Crippen molar-refractivity contribution in [2.45, 2.75) is 57.4 Å². The van der Waals surface area contributed by atoms with Crippen LogP contribution in [0.4, 0.5) is 17.6 Å². The molecule has 4 rings (SSSR count). The summed E-state index contributed by atoms with van der Waals surface area (Å²) in [7, 11) is 0. The van der Waals surface area contributed by atoms with Crippen molar-refractivity contribution in [2.75, 3.05) is 13.1 Å². The number of halogens is 4. The zero-order chi connectivity index (χ0) is 24.5. The molecule has 2 aliphatic rings. The lowest BCUT2D eigenvalue weighted by Crippen LogP contribution is -2.45. The number of amides is 1. The van der Waals surface area contributed by atoms with Gasteiger partial charge in [0, 0.05) is 18.2 Å². The van der Waals surface area contributed by atoms with Crippen molar-refractivity contribution in [1.29, 1.82) is 0 Å². The number of fused-ring (bicyclic) bond motifs is 1. The summed E-state index contributed by atoms with van der Waals surface area (Å²) in [5.41, 5.74) is 0.0874. The Morgan fingerprint density at radius 1 is 1.12 bits per heavy atom. The second kappa shape index (κ2) is 9.73. The number of carbonyl (C=O) groups excluding carboxylic acids is 1. The van der Waals surface area contributed by atoms with Crippen LogP contribution < -0.4 is 5.32 Å². The average Bonchev–Trinajstić information content (AvgIpc) is 3.17. The van der Waals surface area contributed by atoms with E-state index in [0.29, 0.717) is 36.9 Å². The van der Waals surface area contributed by atoms with E-state index in [0.717, 1.165) is 0 Å². The molecular weight excluding hydrogens is 456 g/mol. The molecule has 0 bridgehead atoms. The Morgan fingerprint density at radius 3 is 2.41 bits per heavy atom. The summed E-state index contributed by atoms with van der Waals surface area (Å²) < 4.78 is 55.2. The second-order valence-corrected chi connectivity index (χ2v) is 8.89. The highest BCUT2D eigenvalue weighted by molar-refractivity contribution is 5.78. The molecule has 0 radical (unpaired) electrons. The number of benzene rings is 1. The summed E-state index contributed by atoms with van der Waals surface area (Å²) in [5.74, 6) is -1.82. The van der Waals surface area contributed by atoms with Gasteiger partial charge in [0.25, 0.3) is 0 Å². The molecule has 11 heteroatoms. The predicted molar refractivity (Wildman–Crippen MR) is 113 cm³/mol. The fourth-order valence-corrected chi connectivity index (χ4v) is 4.70. The van der Waals surface area contributed by atoms with Crippen molar-refractivity contribution in [1.82, 2.24) is 20.0 Å². The van der Waals surface area contributed by atoms with E-state index in [4.69, 9.17) is 5.11 Å². The van der Waals surface area contributed by atoms with Crippen LogP contribution in [-0.2, 0) is 35.3 Å². The smallest absolute Gasteiger partial charge is 0.435 e. The number of carbonyl (C=O) groups is 2. The molecule has 1 aromatic carbocycles. The van der Waals surface area contributed by atoms with Gasteiger partial charge in [-0.15, -0.1) is 0 Å². The van der Waals surface area contributed by atoms with Crippen LogP contribution in [0.15, 0.2) is 24.3 Å². The van der Waals surface area contributed by atoms with Crippen molar-refractivity contribution in [2.24, 2.45) is 5.92 Å². The number of nitrogens with one attached hydrogen (secondary N) is 1. The van der Waals surface area contributed by atoms with E-state index in [1.54, 1.807) is 0 Å². The number of rotatable bonds is 6. The first-order valence-electron chi connectivity index (χ1n) is 11.3. The van der Waals surface area contributed by atoms with Gasteiger partial charge in [0.2, 0.25) is 5.91 Å². The van der Waals surface area contributed by atoms with E-state index in [2.05, 4.69) is 10.4 Å². The summed E-state index contributed by atoms with van der Waals surface area (Å²) in [5, 5.41) is 16.1. The maximum Gasteiger partial charge on any atom is 0.435 e. The van der Waals surface area contributed by atoms with E-state index >= 15 is 0 Å². The van der Waals surface area contributed by atoms with Crippen molar-refractivity contribution in [3.05, 3.63) is 52.6 Å². The van der Waals surface area contributed by atoms with Gasteiger partial charge in [-0.2, -0.15) is 18.3 Å². The molecule has 0 unspecified atom stereocenters. The van der Waals surface area contributed by atoms with Gasteiger partial charge in [0.05, 0.1) is 31.2 Å². The van der Waals surface area contributed by atoms with E-state index < -0.39 is 23.7 Å². The van der Waals surface area contributed by atoms with E-state index in [1.165, 1.54) is 33.8 Å². The van der Waals surface area contributed by atoms with Crippen molar-refractivity contribution in [3.63, 3.8) is 0 Å². The minimum atomic E-state index is -4.61. The third-order valence-corrected chi connectivity index (χ3v) is 6.62. The Bertz CT molecular complexity index is 1040. The van der Waals surface area contributed by atoms with E-state index in [9.17, 15) is 27.2 Å². The maximum atomic E-state index is 13.6. The van der Waals surface area contributed by atoms with Crippen LogP contribution in [0.2, 0.25) is 0 Å². The third kappa shape index (κ3) is 5.40. The molecule has 184 valence electrons. The Morgan fingerprint density at radius 2 is 1.79 bits per heavy atom. The minimum Gasteiger partial charge on any atom is -0.481 e. The van der Waals surface area contributed by atoms with Gasteiger partial charge >= 0.3 is 12.1 Å². The highest BCUT2D eigenvalue weighted by atomic mass is 19.4. The lowest BCUT2D eigenvalue weighted by atomic mass is 9.86. The van der Waals surface area contributed by atoms with Crippen molar-refractivity contribution in [3.8, 4) is 0 Å². The molecular formula is C23H26F4N4O3. The average molecular weight is 482 g/mol. The first-order chi connectivity index (χ1) is 16.1. The maximum absolute atomic E-state index is 13.6. The summed E-state index contributed by atoms with van der Waals surface area (Å²) in [4.78, 5) is 25.4. The van der Waals surface area contributed by atoms with Crippen LogP contribution in [-0.4, -0.2) is 50.8 Å². The summed E-state index contributed by atoms with van der Waals surface area (Å²) in [6, 6.07) is 5.50. The lowest BCUT2D eigenvalue weighted by molar-refractivity contribution is -0.143. The second-order valence-electron chi connectivity index (χ2n) is 8.89. The van der Waals surface area contributed by atoms with Crippen LogP contribution in [0.3, 0.4) is 0 Å². The fraction of sp³-hybridized carbons (Fsp3) is 0.522. The topological polar surface area (TPSA) is 87.5 Å². The number of carboxylic acid groups (broad SMARTS) is 1. The zero-order valence-electron chi connectivity index (χ0n) is 18.4. The van der Waals surface area contributed by atoms with Gasteiger partial charge in [0.15, 0.2) is 5.69 Å². The van der Waals surface area contributed by atoms with Gasteiger partial charge in [-0.1, -0.05) is 12.1 Å². The number of aliphatic carboxylic acids is 1. The van der Waals surface area contributed by atoms with Gasteiger partial charge in [0.1, 0.15) is 5.82 Å². The first kappa shape index (κ1) is 24.2. The SMILES string of the molecule is O=C(CN[C@H]1CC[C@@H](C(=O)O)CC1)N1CCc2c(C(F)(F)F)nn(Cc3ccc(F)cc3)c2C1. The van der Waals surface area contributed by atoms with E-state index in [-0.39, 0.29) is 56.0 Å². The van der Waals surface area contributed by atoms with Gasteiger partial charge in [-0.3, -0.25) is 14.3 Å². The molecule has 1 fully saturated rings. The quantitative estimate of drug-likeness (QED) is 0.618. The highest BCUT2D eigenvalue weighted by Gasteiger charge is 2.41. The summed E-state index contributed by atoms with van der Waals surface area (Å²) >= 11 is 0. The van der Waals surface area contributed by atoms with E-state index in [1.807, 2.05) is 0 Å². The van der Waals surface area contributed by atoms with Gasteiger partial charge in [-0.05, 0) is 49.8 Å². The Labute approximate surface area is 193 Å². The fourth-order valence-electron chi connectivity index (χ4n) is 4.70. The highest BCUT2D eigenvalue weighted by Crippen LogP contribution is 2.35. The third-order valence-electron chi connectivity index (χ3n) is 6.62.